The molecule has 1 heterocycles. The summed E-state index contributed by atoms with van der Waals surface area (Å²) >= 11 is 0. The number of carboxylic acids is 2. The number of benzene rings is 2. The van der Waals surface area contributed by atoms with E-state index in [1.807, 2.05) is 18.2 Å². The van der Waals surface area contributed by atoms with E-state index in [1.54, 1.807) is 6.92 Å². The minimum atomic E-state index is -5.08. The van der Waals surface area contributed by atoms with Crippen LogP contribution in [0, 0.1) is 0 Å². The number of aliphatic hydroxyl groups is 1. The lowest BCUT2D eigenvalue weighted by atomic mass is 9.72. The molecule has 1 spiro atoms. The van der Waals surface area contributed by atoms with Gasteiger partial charge in [0.25, 0.3) is 0 Å². The van der Waals surface area contributed by atoms with E-state index in [0.717, 1.165) is 38.0 Å². The molecule has 0 amide bonds. The number of halogens is 6. The molecule has 2 atom stereocenters. The van der Waals surface area contributed by atoms with Gasteiger partial charge in [0, 0.05) is 17.5 Å². The fourth-order valence-electron chi connectivity index (χ4n) is 5.22. The predicted molar refractivity (Wildman–Crippen MR) is 139 cm³/mol. The molecule has 2 aromatic rings. The van der Waals surface area contributed by atoms with Gasteiger partial charge < -0.3 is 20.2 Å². The van der Waals surface area contributed by atoms with Gasteiger partial charge >= 0.3 is 24.3 Å². The van der Waals surface area contributed by atoms with Crippen molar-refractivity contribution in [2.24, 2.45) is 0 Å². The maximum Gasteiger partial charge on any atom is 0.490 e. The van der Waals surface area contributed by atoms with Gasteiger partial charge in [0.2, 0.25) is 0 Å². The standard InChI is InChI=1S/C24H30N2O2.2C2HF3O2/c1-17(27)19-8-6-7-18(15-19)16-26-13-11-24(12-14-26)21-10-5-4-9-20(21)22(23(24)28)25(2)3;2*3-2(4,5)1(6)7/h4-10,15,22-23,28H,11-14,16H2,1-3H3;2*(H,6,7)/t22-,23+;;/m1../s1. The number of rotatable bonds is 4. The predicted octanol–water partition coefficient (Wildman–Crippen LogP) is 4.67. The molecule has 0 radical (unpaired) electrons. The lowest BCUT2D eigenvalue weighted by Gasteiger charge is -2.43. The molecule has 0 aromatic heterocycles. The van der Waals surface area contributed by atoms with Crippen molar-refractivity contribution in [3.8, 4) is 0 Å². The van der Waals surface area contributed by atoms with E-state index in [4.69, 9.17) is 19.8 Å². The van der Waals surface area contributed by atoms with Crippen LogP contribution >= 0.6 is 0 Å². The lowest BCUT2D eigenvalue weighted by Crippen LogP contribution is -2.49. The van der Waals surface area contributed by atoms with E-state index < -0.39 is 24.3 Å². The topological polar surface area (TPSA) is 118 Å². The maximum atomic E-state index is 11.7. The Morgan fingerprint density at radius 3 is 1.86 bits per heavy atom. The molecule has 3 N–H and O–H groups in total. The summed E-state index contributed by atoms with van der Waals surface area (Å²) in [5.41, 5.74) is 4.42. The summed E-state index contributed by atoms with van der Waals surface area (Å²) in [6.07, 6.45) is -8.62. The van der Waals surface area contributed by atoms with Crippen LogP contribution in [0.4, 0.5) is 26.3 Å². The Morgan fingerprint density at radius 2 is 1.40 bits per heavy atom. The number of carbonyl (C=O) groups is 3. The van der Waals surface area contributed by atoms with E-state index in [1.165, 1.54) is 16.7 Å². The average molecular weight is 607 g/mol. The van der Waals surface area contributed by atoms with Crippen LogP contribution in [-0.4, -0.2) is 88.5 Å². The number of ketones is 1. The Labute approximate surface area is 238 Å². The van der Waals surface area contributed by atoms with Gasteiger partial charge in [0.15, 0.2) is 5.78 Å². The summed E-state index contributed by atoms with van der Waals surface area (Å²) in [6.45, 7) is 4.38. The first kappa shape index (κ1) is 34.7. The molecule has 1 fully saturated rings. The Bertz CT molecular complexity index is 1230. The number of alkyl halides is 6. The van der Waals surface area contributed by atoms with Crippen LogP contribution in [0.1, 0.15) is 52.9 Å². The zero-order chi connectivity index (χ0) is 32.0. The molecule has 8 nitrogen and oxygen atoms in total. The van der Waals surface area contributed by atoms with Gasteiger partial charge in [0.05, 0.1) is 12.1 Å². The fraction of sp³-hybridized carbons (Fsp3) is 0.464. The molecule has 0 unspecified atom stereocenters. The number of hydrogen-bond acceptors (Lipinski definition) is 6. The second-order valence-electron chi connectivity index (χ2n) is 10.2. The third-order valence-corrected chi connectivity index (χ3v) is 7.21. The largest absolute Gasteiger partial charge is 0.490 e. The summed E-state index contributed by atoms with van der Waals surface area (Å²) in [5, 5.41) is 25.6. The molecule has 4 rings (SSSR count). The van der Waals surface area contributed by atoms with Gasteiger partial charge in [-0.3, -0.25) is 9.69 Å². The van der Waals surface area contributed by atoms with E-state index in [2.05, 4.69) is 54.2 Å². The summed E-state index contributed by atoms with van der Waals surface area (Å²) in [4.78, 5) is 34.0. The Kier molecular flexibility index (Phi) is 11.3. The van der Waals surface area contributed by atoms with Crippen molar-refractivity contribution in [1.82, 2.24) is 9.80 Å². The first-order valence-electron chi connectivity index (χ1n) is 12.7. The quantitative estimate of drug-likeness (QED) is 0.340. The molecule has 1 aliphatic carbocycles. The van der Waals surface area contributed by atoms with E-state index in [9.17, 15) is 36.2 Å². The normalized spacial score (nSPS) is 19.7. The summed E-state index contributed by atoms with van der Waals surface area (Å²) < 4.78 is 63.5. The number of likely N-dealkylation sites (tertiary alicyclic amines) is 1. The Morgan fingerprint density at radius 1 is 0.905 bits per heavy atom. The van der Waals surface area contributed by atoms with Gasteiger partial charge in [0.1, 0.15) is 0 Å². The first-order chi connectivity index (χ1) is 19.3. The molecular formula is C28H32F6N2O6. The second kappa shape index (κ2) is 13.7. The molecule has 1 aliphatic heterocycles. The van der Waals surface area contributed by atoms with Crippen molar-refractivity contribution in [1.29, 1.82) is 0 Å². The minimum Gasteiger partial charge on any atom is -0.475 e. The van der Waals surface area contributed by atoms with Crippen molar-refractivity contribution in [2.45, 2.75) is 56.2 Å². The maximum absolute atomic E-state index is 11.7. The highest BCUT2D eigenvalue weighted by atomic mass is 19.4. The minimum absolute atomic E-state index is 0.0648. The van der Waals surface area contributed by atoms with Crippen LogP contribution in [0.5, 0.6) is 0 Å². The number of carboxylic acid groups (broad SMARTS) is 2. The molecule has 0 saturated carbocycles. The second-order valence-corrected chi connectivity index (χ2v) is 10.2. The summed E-state index contributed by atoms with van der Waals surface area (Å²) in [5.74, 6) is -5.40. The van der Waals surface area contributed by atoms with E-state index in [-0.39, 0.29) is 23.3 Å². The van der Waals surface area contributed by atoms with Gasteiger partial charge in [-0.2, -0.15) is 26.3 Å². The number of likely N-dealkylation sites (N-methyl/N-ethyl adjacent to an activating group) is 1. The third kappa shape index (κ3) is 8.52. The summed E-state index contributed by atoms with van der Waals surface area (Å²) in [6, 6.07) is 16.6. The third-order valence-electron chi connectivity index (χ3n) is 7.21. The molecule has 0 bridgehead atoms. The van der Waals surface area contributed by atoms with Gasteiger partial charge in [-0.1, -0.05) is 42.5 Å². The molecule has 14 heteroatoms. The van der Waals surface area contributed by atoms with Crippen LogP contribution in [-0.2, 0) is 21.5 Å². The number of carbonyl (C=O) groups excluding carboxylic acids is 1. The number of fused-ring (bicyclic) bond motifs is 2. The number of piperidine rings is 1. The van der Waals surface area contributed by atoms with Gasteiger partial charge in [-0.05, 0) is 69.7 Å². The van der Waals surface area contributed by atoms with Gasteiger partial charge in [-0.15, -0.1) is 0 Å². The zero-order valence-corrected chi connectivity index (χ0v) is 23.0. The summed E-state index contributed by atoms with van der Waals surface area (Å²) in [7, 11) is 4.11. The van der Waals surface area contributed by atoms with Crippen LogP contribution in [0.25, 0.3) is 0 Å². The smallest absolute Gasteiger partial charge is 0.475 e. The number of nitrogens with zero attached hydrogens (tertiary/aromatic N) is 2. The average Bonchev–Trinajstić information content (AvgIpc) is 3.13. The van der Waals surface area contributed by atoms with Crippen molar-refractivity contribution < 1.29 is 56.0 Å². The fourth-order valence-corrected chi connectivity index (χ4v) is 5.22. The Balaban J connectivity index is 0.000000367. The number of aliphatic carboxylic acids is 2. The SMILES string of the molecule is CC(=O)c1cccc(CN2CCC3(CC2)c2ccccc2[C@@H](N(C)C)[C@@H]3O)c1.O=C(O)C(F)(F)F.O=C(O)C(F)(F)F. The lowest BCUT2D eigenvalue weighted by molar-refractivity contribution is -0.193. The van der Waals surface area contributed by atoms with Gasteiger partial charge in [-0.25, -0.2) is 9.59 Å². The van der Waals surface area contributed by atoms with E-state index in [0.29, 0.717) is 0 Å². The highest BCUT2D eigenvalue weighted by molar-refractivity contribution is 5.94. The van der Waals surface area contributed by atoms with Crippen molar-refractivity contribution in [3.63, 3.8) is 0 Å². The highest BCUT2D eigenvalue weighted by Gasteiger charge is 2.53. The monoisotopic (exact) mass is 606 g/mol. The molecule has 2 aliphatic rings. The molecule has 42 heavy (non-hydrogen) atoms. The van der Waals surface area contributed by atoms with Crippen molar-refractivity contribution in [2.75, 3.05) is 27.2 Å². The van der Waals surface area contributed by atoms with E-state index >= 15 is 0 Å². The molecule has 1 saturated heterocycles. The number of aliphatic hydroxyl groups excluding tert-OH is 1. The molecular weight excluding hydrogens is 574 g/mol. The van der Waals surface area contributed by atoms with Crippen LogP contribution < -0.4 is 0 Å². The number of Topliss-reactive ketones (excluding diaryl/α,β-unsaturated/α-hetero) is 1. The molecule has 2 aromatic carbocycles. The highest BCUT2D eigenvalue weighted by Crippen LogP contribution is 2.52. The van der Waals surface area contributed by atoms with Crippen LogP contribution in [0.15, 0.2) is 48.5 Å². The van der Waals surface area contributed by atoms with Crippen molar-refractivity contribution in [3.05, 3.63) is 70.8 Å². The number of hydrogen-bond donors (Lipinski definition) is 3. The van der Waals surface area contributed by atoms with Crippen LogP contribution in [0.2, 0.25) is 0 Å². The van der Waals surface area contributed by atoms with Crippen molar-refractivity contribution >= 4 is 17.7 Å². The molecule has 232 valence electrons. The first-order valence-corrected chi connectivity index (χ1v) is 12.7. The van der Waals surface area contributed by atoms with Crippen LogP contribution in [0.3, 0.4) is 0 Å². The Hall–Kier alpha value is -3.49. The zero-order valence-electron chi connectivity index (χ0n) is 23.0.